The molecule has 0 aliphatic heterocycles. The summed E-state index contributed by atoms with van der Waals surface area (Å²) in [5, 5.41) is 8.10. The van der Waals surface area contributed by atoms with Crippen LogP contribution in [0.3, 0.4) is 0 Å². The highest BCUT2D eigenvalue weighted by Crippen LogP contribution is 2.25. The number of pyridine rings is 1. The number of nitrogens with one attached hydrogen (secondary N) is 2. The Morgan fingerprint density at radius 1 is 1.32 bits per heavy atom. The third-order valence-corrected chi connectivity index (χ3v) is 4.71. The second kappa shape index (κ2) is 7.57. The number of hydrogen-bond donors (Lipinski definition) is 2. The van der Waals surface area contributed by atoms with E-state index < -0.39 is 0 Å². The molecule has 3 heterocycles. The maximum Gasteiger partial charge on any atom is 0.271 e. The molecule has 0 spiro atoms. The van der Waals surface area contributed by atoms with Crippen LogP contribution in [0.4, 0.5) is 5.95 Å². The SMILES string of the molecule is CCCNC(=O)c1nc(NC(C)c2cncc(C)c2)nc2ccsc12. The second-order valence-electron chi connectivity index (χ2n) is 5.95. The minimum Gasteiger partial charge on any atom is -0.351 e. The Balaban J connectivity index is 1.90. The first-order chi connectivity index (χ1) is 12.1. The third kappa shape index (κ3) is 3.93. The summed E-state index contributed by atoms with van der Waals surface area (Å²) in [5.74, 6) is 0.283. The summed E-state index contributed by atoms with van der Waals surface area (Å²) in [5.41, 5.74) is 3.34. The van der Waals surface area contributed by atoms with Crippen LogP contribution in [0.2, 0.25) is 0 Å². The molecular formula is C18H21N5OS. The van der Waals surface area contributed by atoms with E-state index in [2.05, 4.69) is 31.7 Å². The number of fused-ring (bicyclic) bond motifs is 1. The lowest BCUT2D eigenvalue weighted by atomic mass is 10.1. The van der Waals surface area contributed by atoms with Crippen molar-refractivity contribution in [2.45, 2.75) is 33.2 Å². The van der Waals surface area contributed by atoms with Gasteiger partial charge >= 0.3 is 0 Å². The van der Waals surface area contributed by atoms with Gasteiger partial charge in [-0.25, -0.2) is 9.97 Å². The highest BCUT2D eigenvalue weighted by Gasteiger charge is 2.17. The molecule has 7 heteroatoms. The molecule has 0 saturated carbocycles. The van der Waals surface area contributed by atoms with Crippen LogP contribution in [-0.2, 0) is 0 Å². The van der Waals surface area contributed by atoms with E-state index in [4.69, 9.17) is 0 Å². The van der Waals surface area contributed by atoms with Crippen molar-refractivity contribution in [2.24, 2.45) is 0 Å². The molecule has 0 fully saturated rings. The lowest BCUT2D eigenvalue weighted by Gasteiger charge is -2.15. The van der Waals surface area contributed by atoms with E-state index >= 15 is 0 Å². The molecule has 6 nitrogen and oxygen atoms in total. The van der Waals surface area contributed by atoms with Crippen LogP contribution in [0, 0.1) is 6.92 Å². The van der Waals surface area contributed by atoms with Crippen LogP contribution in [0.25, 0.3) is 10.2 Å². The van der Waals surface area contributed by atoms with E-state index in [-0.39, 0.29) is 11.9 Å². The molecule has 0 aliphatic rings. The third-order valence-electron chi connectivity index (χ3n) is 3.80. The molecule has 3 rings (SSSR count). The van der Waals surface area contributed by atoms with Crippen molar-refractivity contribution >= 4 is 33.4 Å². The average molecular weight is 355 g/mol. The van der Waals surface area contributed by atoms with E-state index in [1.54, 1.807) is 0 Å². The Morgan fingerprint density at radius 2 is 2.16 bits per heavy atom. The van der Waals surface area contributed by atoms with Crippen molar-refractivity contribution < 1.29 is 4.79 Å². The predicted octanol–water partition coefficient (Wildman–Crippen LogP) is 3.71. The molecule has 0 bridgehead atoms. The van der Waals surface area contributed by atoms with Crippen molar-refractivity contribution in [3.8, 4) is 0 Å². The Kier molecular flexibility index (Phi) is 5.23. The van der Waals surface area contributed by atoms with E-state index in [1.807, 2.05) is 44.6 Å². The molecule has 25 heavy (non-hydrogen) atoms. The van der Waals surface area contributed by atoms with Gasteiger partial charge in [0.2, 0.25) is 5.95 Å². The molecule has 1 amide bonds. The van der Waals surface area contributed by atoms with Crippen LogP contribution in [0.5, 0.6) is 0 Å². The van der Waals surface area contributed by atoms with Crippen LogP contribution in [0.1, 0.15) is 47.9 Å². The molecule has 3 aromatic heterocycles. The van der Waals surface area contributed by atoms with Gasteiger partial charge in [0.05, 0.1) is 16.3 Å². The number of carbonyl (C=O) groups excluding carboxylic acids is 1. The van der Waals surface area contributed by atoms with Gasteiger partial charge in [-0.15, -0.1) is 11.3 Å². The summed E-state index contributed by atoms with van der Waals surface area (Å²) in [6, 6.07) is 3.96. The molecule has 0 aliphatic carbocycles. The summed E-state index contributed by atoms with van der Waals surface area (Å²) < 4.78 is 0.809. The fourth-order valence-electron chi connectivity index (χ4n) is 2.50. The number of carbonyl (C=O) groups is 1. The van der Waals surface area contributed by atoms with Gasteiger partial charge in [-0.2, -0.15) is 0 Å². The normalized spacial score (nSPS) is 12.1. The van der Waals surface area contributed by atoms with Crippen molar-refractivity contribution in [1.82, 2.24) is 20.3 Å². The van der Waals surface area contributed by atoms with Gasteiger partial charge in [-0.3, -0.25) is 9.78 Å². The quantitative estimate of drug-likeness (QED) is 0.705. The Bertz CT molecular complexity index is 892. The van der Waals surface area contributed by atoms with Crippen molar-refractivity contribution in [1.29, 1.82) is 0 Å². The maximum atomic E-state index is 12.4. The smallest absolute Gasteiger partial charge is 0.271 e. The lowest BCUT2D eigenvalue weighted by Crippen LogP contribution is -2.25. The minimum atomic E-state index is -0.162. The Morgan fingerprint density at radius 3 is 2.92 bits per heavy atom. The Hall–Kier alpha value is -2.54. The van der Waals surface area contributed by atoms with Crippen LogP contribution < -0.4 is 10.6 Å². The molecular weight excluding hydrogens is 334 g/mol. The number of aromatic nitrogens is 3. The molecule has 2 N–H and O–H groups in total. The number of amides is 1. The number of hydrogen-bond acceptors (Lipinski definition) is 6. The number of nitrogens with zero attached hydrogens (tertiary/aromatic N) is 3. The van der Waals surface area contributed by atoms with Gasteiger partial charge in [-0.05, 0) is 42.8 Å². The van der Waals surface area contributed by atoms with Gasteiger partial charge in [0.1, 0.15) is 0 Å². The van der Waals surface area contributed by atoms with E-state index in [0.29, 0.717) is 18.2 Å². The zero-order valence-corrected chi connectivity index (χ0v) is 15.4. The van der Waals surface area contributed by atoms with Crippen molar-refractivity contribution in [3.05, 3.63) is 46.7 Å². The Labute approximate surface area is 150 Å². The molecule has 1 atom stereocenters. The summed E-state index contributed by atoms with van der Waals surface area (Å²) in [7, 11) is 0. The molecule has 3 aromatic rings. The predicted molar refractivity (Wildman–Crippen MR) is 101 cm³/mol. The highest BCUT2D eigenvalue weighted by atomic mass is 32.1. The standard InChI is InChI=1S/C18H21N5OS/c1-4-6-20-17(24)15-16-14(5-7-25-16)22-18(23-15)21-12(3)13-8-11(2)9-19-10-13/h5,7-10,12H,4,6H2,1-3H3,(H,20,24)(H,21,22,23). The van der Waals surface area contributed by atoms with Gasteiger partial charge in [0, 0.05) is 18.9 Å². The van der Waals surface area contributed by atoms with E-state index in [1.165, 1.54) is 11.3 Å². The minimum absolute atomic E-state index is 0.0185. The molecule has 0 radical (unpaired) electrons. The van der Waals surface area contributed by atoms with Gasteiger partial charge in [0.15, 0.2) is 5.69 Å². The average Bonchev–Trinajstić information content (AvgIpc) is 3.07. The molecule has 0 saturated heterocycles. The number of aryl methyl sites for hydroxylation is 1. The summed E-state index contributed by atoms with van der Waals surface area (Å²) >= 11 is 1.48. The second-order valence-corrected chi connectivity index (χ2v) is 6.86. The topological polar surface area (TPSA) is 79.8 Å². The van der Waals surface area contributed by atoms with Gasteiger partial charge < -0.3 is 10.6 Å². The fourth-order valence-corrected chi connectivity index (χ4v) is 3.31. The highest BCUT2D eigenvalue weighted by molar-refractivity contribution is 7.17. The zero-order valence-electron chi connectivity index (χ0n) is 14.5. The zero-order chi connectivity index (χ0) is 17.8. The van der Waals surface area contributed by atoms with Crippen molar-refractivity contribution in [3.63, 3.8) is 0 Å². The largest absolute Gasteiger partial charge is 0.351 e. The first-order valence-corrected chi connectivity index (χ1v) is 9.18. The monoisotopic (exact) mass is 355 g/mol. The van der Waals surface area contributed by atoms with Crippen LogP contribution in [-0.4, -0.2) is 27.4 Å². The molecule has 1 unspecified atom stereocenters. The van der Waals surface area contributed by atoms with E-state index in [9.17, 15) is 4.79 Å². The summed E-state index contributed by atoms with van der Waals surface area (Å²) in [6.45, 7) is 6.68. The van der Waals surface area contributed by atoms with Crippen LogP contribution in [0.15, 0.2) is 29.9 Å². The fraction of sp³-hybridized carbons (Fsp3) is 0.333. The number of anilines is 1. The first kappa shape index (κ1) is 17.3. The first-order valence-electron chi connectivity index (χ1n) is 8.30. The van der Waals surface area contributed by atoms with Crippen molar-refractivity contribution in [2.75, 3.05) is 11.9 Å². The van der Waals surface area contributed by atoms with Crippen LogP contribution >= 0.6 is 11.3 Å². The summed E-state index contributed by atoms with van der Waals surface area (Å²) in [6.07, 6.45) is 4.52. The lowest BCUT2D eigenvalue weighted by molar-refractivity contribution is 0.0950. The number of thiophene rings is 1. The summed E-state index contributed by atoms with van der Waals surface area (Å²) in [4.78, 5) is 25.7. The maximum absolute atomic E-state index is 12.4. The molecule has 130 valence electrons. The van der Waals surface area contributed by atoms with Gasteiger partial charge in [0.25, 0.3) is 5.91 Å². The van der Waals surface area contributed by atoms with E-state index in [0.717, 1.165) is 27.8 Å². The van der Waals surface area contributed by atoms with Gasteiger partial charge in [-0.1, -0.05) is 13.0 Å². The molecule has 0 aromatic carbocycles. The number of rotatable bonds is 6.